The Morgan fingerprint density at radius 2 is 2.50 bits per heavy atom. The highest BCUT2D eigenvalue weighted by atomic mass is 16.2. The maximum atomic E-state index is 7.97. The summed E-state index contributed by atoms with van der Waals surface area (Å²) in [6.45, 7) is 2.78. The Balaban J connectivity index is 2.79. The van der Waals surface area contributed by atoms with Gasteiger partial charge in [-0.15, -0.1) is 11.8 Å². The number of aliphatic hydroxyl groups is 1. The van der Waals surface area contributed by atoms with E-state index in [2.05, 4.69) is 11.8 Å². The predicted molar refractivity (Wildman–Crippen MR) is 24.3 cm³/mol. The second-order valence-corrected chi connectivity index (χ2v) is 0.813. The Labute approximate surface area is 38.0 Å². The monoisotopic (exact) mass is 83.0 g/mol. The summed E-state index contributed by atoms with van der Waals surface area (Å²) in [7, 11) is 0. The van der Waals surface area contributed by atoms with E-state index in [-0.39, 0.29) is 0 Å². The molecule has 0 aromatic carbocycles. The van der Waals surface area contributed by atoms with Gasteiger partial charge in [0.05, 0.1) is 6.61 Å². The second kappa shape index (κ2) is 4.52. The van der Waals surface area contributed by atoms with Gasteiger partial charge in [0.2, 0.25) is 0 Å². The molecule has 0 saturated heterocycles. The topological polar surface area (TPSA) is 20.2 Å². The standard InChI is InChI=1S/C5H7O/c1-2-3-4-5-6/h5-6H,4H2,1H3. The van der Waals surface area contributed by atoms with Crippen LogP contribution < -0.4 is 0 Å². The molecular weight excluding hydrogens is 76.1 g/mol. The van der Waals surface area contributed by atoms with E-state index < -0.39 is 0 Å². The van der Waals surface area contributed by atoms with E-state index in [0.29, 0.717) is 6.42 Å². The van der Waals surface area contributed by atoms with E-state index in [0.717, 1.165) is 6.61 Å². The van der Waals surface area contributed by atoms with Crippen molar-refractivity contribution >= 4 is 0 Å². The normalized spacial score (nSPS) is 6.33. The molecule has 0 fully saturated rings. The molecule has 0 bridgehead atoms. The van der Waals surface area contributed by atoms with Gasteiger partial charge in [0, 0.05) is 6.42 Å². The summed E-state index contributed by atoms with van der Waals surface area (Å²) in [6.07, 6.45) is 0.483. The van der Waals surface area contributed by atoms with Crippen LogP contribution in [0.3, 0.4) is 0 Å². The summed E-state index contributed by atoms with van der Waals surface area (Å²) in [4.78, 5) is 0. The molecule has 0 aromatic rings. The Kier molecular flexibility index (Phi) is 4.16. The van der Waals surface area contributed by atoms with Gasteiger partial charge in [-0.05, 0) is 6.92 Å². The smallest absolute Gasteiger partial charge is 0.0917 e. The van der Waals surface area contributed by atoms with Crippen LogP contribution in [-0.2, 0) is 0 Å². The van der Waals surface area contributed by atoms with E-state index in [4.69, 9.17) is 5.11 Å². The summed E-state index contributed by atoms with van der Waals surface area (Å²) < 4.78 is 0. The highest BCUT2D eigenvalue weighted by Crippen LogP contribution is 1.73. The van der Waals surface area contributed by atoms with Gasteiger partial charge in [0.25, 0.3) is 0 Å². The lowest BCUT2D eigenvalue weighted by atomic mass is 10.5. The first-order valence-electron chi connectivity index (χ1n) is 1.77. The first-order chi connectivity index (χ1) is 2.91. The second-order valence-electron chi connectivity index (χ2n) is 0.813. The van der Waals surface area contributed by atoms with Crippen LogP contribution in [-0.4, -0.2) is 5.11 Å². The molecule has 33 valence electrons. The number of rotatable bonds is 1. The molecule has 0 aliphatic rings. The van der Waals surface area contributed by atoms with E-state index in [1.807, 2.05) is 0 Å². The lowest BCUT2D eigenvalue weighted by Gasteiger charge is -1.71. The Hall–Kier alpha value is -0.480. The Bertz CT molecular complexity index is 65.7. The third-order valence-electron chi connectivity index (χ3n) is 0.370. The average molecular weight is 83.1 g/mol. The lowest BCUT2D eigenvalue weighted by Crippen LogP contribution is -1.63. The fraction of sp³-hybridized carbons (Fsp3) is 0.400. The highest BCUT2D eigenvalue weighted by Gasteiger charge is 1.66. The van der Waals surface area contributed by atoms with Crippen molar-refractivity contribution in [1.82, 2.24) is 0 Å². The summed E-state index contributed by atoms with van der Waals surface area (Å²) in [5.41, 5.74) is 0. The average Bonchev–Trinajstić information content (AvgIpc) is 1.61. The van der Waals surface area contributed by atoms with E-state index in [1.54, 1.807) is 6.92 Å². The van der Waals surface area contributed by atoms with Gasteiger partial charge in [-0.2, -0.15) is 0 Å². The Morgan fingerprint density at radius 3 is 2.67 bits per heavy atom. The maximum absolute atomic E-state index is 7.97. The minimum Gasteiger partial charge on any atom is -0.389 e. The lowest BCUT2D eigenvalue weighted by molar-refractivity contribution is 0.390. The van der Waals surface area contributed by atoms with Crippen molar-refractivity contribution in [3.63, 3.8) is 0 Å². The molecule has 0 atom stereocenters. The van der Waals surface area contributed by atoms with Gasteiger partial charge in [0.15, 0.2) is 0 Å². The molecule has 0 rings (SSSR count). The van der Waals surface area contributed by atoms with Gasteiger partial charge < -0.3 is 5.11 Å². The molecule has 1 radical (unpaired) electrons. The summed E-state index contributed by atoms with van der Waals surface area (Å²) in [5, 5.41) is 7.97. The number of hydrogen-bond acceptors (Lipinski definition) is 1. The van der Waals surface area contributed by atoms with Gasteiger partial charge in [-0.1, -0.05) is 0 Å². The summed E-state index contributed by atoms with van der Waals surface area (Å²) in [6, 6.07) is 0. The quantitative estimate of drug-likeness (QED) is 0.467. The molecule has 0 heterocycles. The van der Waals surface area contributed by atoms with Crippen molar-refractivity contribution in [1.29, 1.82) is 0 Å². The van der Waals surface area contributed by atoms with Crippen LogP contribution in [0.15, 0.2) is 0 Å². The van der Waals surface area contributed by atoms with Crippen LogP contribution in [0.1, 0.15) is 13.3 Å². The van der Waals surface area contributed by atoms with Gasteiger partial charge in [-0.25, -0.2) is 0 Å². The van der Waals surface area contributed by atoms with Crippen molar-refractivity contribution in [3.05, 3.63) is 6.61 Å². The molecule has 0 saturated carbocycles. The van der Waals surface area contributed by atoms with Crippen LogP contribution in [0.5, 0.6) is 0 Å². The maximum Gasteiger partial charge on any atom is 0.0917 e. The zero-order chi connectivity index (χ0) is 4.83. The predicted octanol–water partition coefficient (Wildman–Crippen LogP) is 0.934. The molecule has 0 aromatic heterocycles. The third kappa shape index (κ3) is 3.52. The SMILES string of the molecule is CC#CC[CH]O. The van der Waals surface area contributed by atoms with Crippen molar-refractivity contribution in [3.8, 4) is 11.8 Å². The summed E-state index contributed by atoms with van der Waals surface area (Å²) >= 11 is 0. The van der Waals surface area contributed by atoms with Crippen molar-refractivity contribution < 1.29 is 5.11 Å². The Morgan fingerprint density at radius 1 is 1.83 bits per heavy atom. The van der Waals surface area contributed by atoms with Crippen LogP contribution in [0.4, 0.5) is 0 Å². The molecular formula is C5H7O. The number of hydrogen-bond donors (Lipinski definition) is 1. The van der Waals surface area contributed by atoms with Crippen LogP contribution in [0, 0.1) is 18.4 Å². The van der Waals surface area contributed by atoms with Gasteiger partial charge in [0.1, 0.15) is 0 Å². The van der Waals surface area contributed by atoms with E-state index in [1.165, 1.54) is 0 Å². The van der Waals surface area contributed by atoms with Gasteiger partial charge in [-0.3, -0.25) is 0 Å². The molecule has 0 aliphatic heterocycles. The molecule has 0 amide bonds. The van der Waals surface area contributed by atoms with Crippen LogP contribution in [0.25, 0.3) is 0 Å². The zero-order valence-corrected chi connectivity index (χ0v) is 3.73. The van der Waals surface area contributed by atoms with Crippen LogP contribution in [0.2, 0.25) is 0 Å². The molecule has 0 unspecified atom stereocenters. The number of aliphatic hydroxyl groups excluding tert-OH is 1. The fourth-order valence-electron chi connectivity index (χ4n) is 0.148. The minimum absolute atomic E-state index is 0.483. The van der Waals surface area contributed by atoms with E-state index >= 15 is 0 Å². The third-order valence-corrected chi connectivity index (χ3v) is 0.370. The zero-order valence-electron chi connectivity index (χ0n) is 3.73. The molecule has 1 nitrogen and oxygen atoms in total. The van der Waals surface area contributed by atoms with Crippen molar-refractivity contribution in [2.24, 2.45) is 0 Å². The van der Waals surface area contributed by atoms with Gasteiger partial charge >= 0.3 is 0 Å². The first kappa shape index (κ1) is 5.52. The van der Waals surface area contributed by atoms with Crippen molar-refractivity contribution in [2.45, 2.75) is 13.3 Å². The molecule has 6 heavy (non-hydrogen) atoms. The van der Waals surface area contributed by atoms with E-state index in [9.17, 15) is 0 Å². The highest BCUT2D eigenvalue weighted by molar-refractivity contribution is 4.96. The first-order valence-corrected chi connectivity index (χ1v) is 1.77. The van der Waals surface area contributed by atoms with Crippen LogP contribution >= 0.6 is 0 Å². The fourth-order valence-corrected chi connectivity index (χ4v) is 0.148. The minimum atomic E-state index is 0.483. The molecule has 1 heteroatoms. The molecule has 0 aliphatic carbocycles. The largest absolute Gasteiger partial charge is 0.389 e. The summed E-state index contributed by atoms with van der Waals surface area (Å²) in [5.74, 6) is 5.27. The van der Waals surface area contributed by atoms with Crippen molar-refractivity contribution in [2.75, 3.05) is 0 Å². The molecule has 0 spiro atoms. The molecule has 1 N–H and O–H groups in total.